The fourth-order valence-electron chi connectivity index (χ4n) is 4.31. The van der Waals surface area contributed by atoms with Crippen molar-refractivity contribution < 1.29 is 4.79 Å². The van der Waals surface area contributed by atoms with E-state index in [-0.39, 0.29) is 22.7 Å². The summed E-state index contributed by atoms with van der Waals surface area (Å²) in [5.74, 6) is 0.480. The third-order valence-electron chi connectivity index (χ3n) is 6.10. The lowest BCUT2D eigenvalue weighted by atomic mass is 9.99. The average molecular weight is 250 g/mol. The van der Waals surface area contributed by atoms with Gasteiger partial charge in [-0.05, 0) is 36.5 Å². The molecule has 2 aliphatic heterocycles. The van der Waals surface area contributed by atoms with E-state index in [1.54, 1.807) is 0 Å². The normalized spacial score (nSPS) is 40.6. The zero-order chi connectivity index (χ0) is 13.1. The first-order chi connectivity index (χ1) is 8.32. The standard InChI is InChI=1S/C15H26N2O/c1-14(2)12(15(14,3)4)13(18)17-11-7-9-5-6-10(8-11)16-9/h9-12,16H,5-8H2,1-4H3,(H,17,18). The summed E-state index contributed by atoms with van der Waals surface area (Å²) in [6, 6.07) is 1.70. The van der Waals surface area contributed by atoms with Crippen molar-refractivity contribution in [2.24, 2.45) is 16.7 Å². The van der Waals surface area contributed by atoms with Gasteiger partial charge >= 0.3 is 0 Å². The molecule has 3 fully saturated rings. The van der Waals surface area contributed by atoms with Crippen molar-refractivity contribution in [3.8, 4) is 0 Å². The van der Waals surface area contributed by atoms with E-state index in [2.05, 4.69) is 38.3 Å². The molecule has 0 radical (unpaired) electrons. The van der Waals surface area contributed by atoms with E-state index in [9.17, 15) is 4.79 Å². The largest absolute Gasteiger partial charge is 0.353 e. The molecule has 2 N–H and O–H groups in total. The van der Waals surface area contributed by atoms with Crippen LogP contribution in [0.4, 0.5) is 0 Å². The van der Waals surface area contributed by atoms with Crippen molar-refractivity contribution in [2.45, 2.75) is 71.5 Å². The molecule has 3 heteroatoms. The number of nitrogens with one attached hydrogen (secondary N) is 2. The van der Waals surface area contributed by atoms with Crippen LogP contribution in [0.2, 0.25) is 0 Å². The minimum absolute atomic E-state index is 0.156. The Labute approximate surface area is 110 Å². The van der Waals surface area contributed by atoms with Crippen LogP contribution >= 0.6 is 0 Å². The van der Waals surface area contributed by atoms with Gasteiger partial charge in [0.15, 0.2) is 0 Å². The molecule has 1 saturated carbocycles. The lowest BCUT2D eigenvalue weighted by Gasteiger charge is -2.30. The molecule has 1 amide bonds. The summed E-state index contributed by atoms with van der Waals surface area (Å²) in [6.45, 7) is 8.85. The molecule has 0 spiro atoms. The summed E-state index contributed by atoms with van der Waals surface area (Å²) in [5.41, 5.74) is 0.311. The highest BCUT2D eigenvalue weighted by Crippen LogP contribution is 2.68. The maximum absolute atomic E-state index is 12.4. The van der Waals surface area contributed by atoms with Crippen molar-refractivity contribution in [1.29, 1.82) is 0 Å². The van der Waals surface area contributed by atoms with Gasteiger partial charge in [0.1, 0.15) is 0 Å². The summed E-state index contributed by atoms with van der Waals surface area (Å²) in [6.07, 6.45) is 4.82. The summed E-state index contributed by atoms with van der Waals surface area (Å²) < 4.78 is 0. The number of hydrogen-bond donors (Lipinski definition) is 2. The van der Waals surface area contributed by atoms with Crippen LogP contribution in [-0.2, 0) is 4.79 Å². The summed E-state index contributed by atoms with van der Waals surface area (Å²) >= 11 is 0. The smallest absolute Gasteiger partial charge is 0.224 e. The minimum Gasteiger partial charge on any atom is -0.353 e. The van der Waals surface area contributed by atoms with Gasteiger partial charge in [0.25, 0.3) is 0 Å². The molecule has 2 heterocycles. The molecule has 1 aliphatic carbocycles. The van der Waals surface area contributed by atoms with Gasteiger partial charge in [-0.2, -0.15) is 0 Å². The molecule has 3 aliphatic rings. The van der Waals surface area contributed by atoms with Gasteiger partial charge in [-0.25, -0.2) is 0 Å². The van der Waals surface area contributed by atoms with Gasteiger partial charge in [-0.1, -0.05) is 27.7 Å². The first-order valence-corrected chi connectivity index (χ1v) is 7.39. The first kappa shape index (κ1) is 12.5. The monoisotopic (exact) mass is 250 g/mol. The molecule has 0 aromatic heterocycles. The molecule has 2 unspecified atom stereocenters. The zero-order valence-electron chi connectivity index (χ0n) is 12.0. The summed E-state index contributed by atoms with van der Waals surface area (Å²) in [7, 11) is 0. The second-order valence-electron chi connectivity index (χ2n) is 7.69. The van der Waals surface area contributed by atoms with E-state index in [0.717, 1.165) is 12.8 Å². The van der Waals surface area contributed by atoms with Crippen LogP contribution < -0.4 is 10.6 Å². The summed E-state index contributed by atoms with van der Waals surface area (Å²) in [4.78, 5) is 12.4. The first-order valence-electron chi connectivity index (χ1n) is 7.39. The van der Waals surface area contributed by atoms with Crippen LogP contribution in [0.5, 0.6) is 0 Å². The van der Waals surface area contributed by atoms with E-state index in [1.807, 2.05) is 0 Å². The van der Waals surface area contributed by atoms with Crippen molar-refractivity contribution in [3.63, 3.8) is 0 Å². The topological polar surface area (TPSA) is 41.1 Å². The van der Waals surface area contributed by atoms with E-state index in [1.165, 1.54) is 12.8 Å². The molecule has 2 atom stereocenters. The lowest BCUT2D eigenvalue weighted by Crippen LogP contribution is -2.48. The van der Waals surface area contributed by atoms with E-state index in [0.29, 0.717) is 18.1 Å². The zero-order valence-corrected chi connectivity index (χ0v) is 12.0. The van der Waals surface area contributed by atoms with Crippen LogP contribution in [0.15, 0.2) is 0 Å². The van der Waals surface area contributed by atoms with Crippen LogP contribution in [0, 0.1) is 16.7 Å². The third-order valence-corrected chi connectivity index (χ3v) is 6.10. The molecular weight excluding hydrogens is 224 g/mol. The highest BCUT2D eigenvalue weighted by molar-refractivity contribution is 5.84. The Bertz CT molecular complexity index is 349. The molecule has 3 rings (SSSR count). The number of carbonyl (C=O) groups excluding carboxylic acids is 1. The SMILES string of the molecule is CC1(C)C(C(=O)NC2CC3CCC(C2)N3)C1(C)C. The van der Waals surface area contributed by atoms with Gasteiger partial charge in [0.05, 0.1) is 0 Å². The minimum atomic E-state index is 0.156. The van der Waals surface area contributed by atoms with Crippen LogP contribution in [0.1, 0.15) is 53.4 Å². The second kappa shape index (κ2) is 3.72. The Balaban J connectivity index is 1.60. The Morgan fingerprint density at radius 3 is 2.00 bits per heavy atom. The fraction of sp³-hybridized carbons (Fsp3) is 0.933. The van der Waals surface area contributed by atoms with E-state index in [4.69, 9.17) is 0 Å². The molecule has 0 aromatic rings. The molecular formula is C15H26N2O. The van der Waals surface area contributed by atoms with Crippen molar-refractivity contribution in [3.05, 3.63) is 0 Å². The predicted octanol–water partition coefficient (Wildman–Crippen LogP) is 2.07. The van der Waals surface area contributed by atoms with Gasteiger partial charge in [0, 0.05) is 24.0 Å². The maximum atomic E-state index is 12.4. The van der Waals surface area contributed by atoms with Crippen molar-refractivity contribution in [1.82, 2.24) is 10.6 Å². The van der Waals surface area contributed by atoms with Crippen LogP contribution in [0.25, 0.3) is 0 Å². The van der Waals surface area contributed by atoms with Gasteiger partial charge in [-0.3, -0.25) is 4.79 Å². The molecule has 2 saturated heterocycles. The highest BCUT2D eigenvalue weighted by Gasteiger charge is 2.68. The molecule has 0 aromatic carbocycles. The van der Waals surface area contributed by atoms with Crippen LogP contribution in [0.3, 0.4) is 0 Å². The molecule has 18 heavy (non-hydrogen) atoms. The number of piperidine rings is 1. The van der Waals surface area contributed by atoms with Gasteiger partial charge < -0.3 is 10.6 Å². The van der Waals surface area contributed by atoms with E-state index >= 15 is 0 Å². The molecule has 2 bridgehead atoms. The Kier molecular flexibility index (Phi) is 2.58. The number of carbonyl (C=O) groups is 1. The molecule has 102 valence electrons. The van der Waals surface area contributed by atoms with Crippen LogP contribution in [-0.4, -0.2) is 24.0 Å². The maximum Gasteiger partial charge on any atom is 0.224 e. The number of fused-ring (bicyclic) bond motifs is 2. The highest BCUT2D eigenvalue weighted by atomic mass is 16.2. The van der Waals surface area contributed by atoms with E-state index < -0.39 is 0 Å². The lowest BCUT2D eigenvalue weighted by molar-refractivity contribution is -0.124. The predicted molar refractivity (Wildman–Crippen MR) is 72.2 cm³/mol. The number of amides is 1. The Hall–Kier alpha value is -0.570. The molecule has 3 nitrogen and oxygen atoms in total. The quantitative estimate of drug-likeness (QED) is 0.787. The second-order valence-corrected chi connectivity index (χ2v) is 7.69. The van der Waals surface area contributed by atoms with Gasteiger partial charge in [0.2, 0.25) is 5.91 Å². The fourth-order valence-corrected chi connectivity index (χ4v) is 4.31. The van der Waals surface area contributed by atoms with Crippen molar-refractivity contribution in [2.75, 3.05) is 0 Å². The summed E-state index contributed by atoms with van der Waals surface area (Å²) in [5, 5.41) is 6.93. The van der Waals surface area contributed by atoms with Gasteiger partial charge in [-0.15, -0.1) is 0 Å². The Morgan fingerprint density at radius 1 is 1.06 bits per heavy atom. The van der Waals surface area contributed by atoms with Crippen molar-refractivity contribution >= 4 is 5.91 Å². The number of rotatable bonds is 2. The number of hydrogen-bond acceptors (Lipinski definition) is 2. The Morgan fingerprint density at radius 2 is 1.56 bits per heavy atom. The average Bonchev–Trinajstić information content (AvgIpc) is 2.51. The third kappa shape index (κ3) is 1.70.